The minimum atomic E-state index is -0.338. The van der Waals surface area contributed by atoms with Crippen molar-refractivity contribution in [3.05, 3.63) is 0 Å². The van der Waals surface area contributed by atoms with Crippen LogP contribution in [0.15, 0.2) is 0 Å². The summed E-state index contributed by atoms with van der Waals surface area (Å²) >= 11 is 0. The molecule has 2 atom stereocenters. The Kier molecular flexibility index (Phi) is 12.0. The third kappa shape index (κ3) is 17.7. The van der Waals surface area contributed by atoms with Crippen molar-refractivity contribution in [1.82, 2.24) is 0 Å². The van der Waals surface area contributed by atoms with Gasteiger partial charge in [-0.2, -0.15) is 0 Å². The highest BCUT2D eigenvalue weighted by Crippen LogP contribution is 1.79. The normalized spacial score (nSPS) is 14.7. The summed E-state index contributed by atoms with van der Waals surface area (Å²) in [5.74, 6) is 0. The lowest BCUT2D eigenvalue weighted by Crippen LogP contribution is -2.22. The fourth-order valence-corrected chi connectivity index (χ4v) is 0.129. The Balaban J connectivity index is 0. The minimum absolute atomic E-state index is 0.00926. The molecule has 2 unspecified atom stereocenters. The first-order chi connectivity index (χ1) is 5.08. The van der Waals surface area contributed by atoms with E-state index in [1.807, 2.05) is 6.92 Å². The van der Waals surface area contributed by atoms with Gasteiger partial charge in [-0.05, 0) is 13.3 Å². The van der Waals surface area contributed by atoms with E-state index in [4.69, 9.17) is 21.7 Å². The smallest absolute Gasteiger partial charge is 0.0634 e. The van der Waals surface area contributed by atoms with Gasteiger partial charge in [-0.1, -0.05) is 6.92 Å². The predicted molar refractivity (Wildman–Crippen MR) is 46.1 cm³/mol. The van der Waals surface area contributed by atoms with Crippen LogP contribution in [0.1, 0.15) is 20.3 Å². The maximum atomic E-state index is 8.24. The zero-order chi connectivity index (χ0) is 9.28. The van der Waals surface area contributed by atoms with Crippen LogP contribution in [-0.2, 0) is 0 Å². The van der Waals surface area contributed by atoms with E-state index >= 15 is 0 Å². The van der Waals surface area contributed by atoms with Crippen LogP contribution in [0.2, 0.25) is 0 Å². The maximum Gasteiger partial charge on any atom is 0.0634 e. The summed E-state index contributed by atoms with van der Waals surface area (Å²) < 4.78 is 0. The van der Waals surface area contributed by atoms with Gasteiger partial charge < -0.3 is 21.7 Å². The molecule has 0 aliphatic rings. The zero-order valence-corrected chi connectivity index (χ0v) is 7.33. The molecule has 0 heterocycles. The molecule has 70 valence electrons. The van der Waals surface area contributed by atoms with Gasteiger partial charge in [-0.15, -0.1) is 0 Å². The van der Waals surface area contributed by atoms with E-state index in [0.29, 0.717) is 6.54 Å². The summed E-state index contributed by atoms with van der Waals surface area (Å²) in [6, 6.07) is -0.00926. The van der Waals surface area contributed by atoms with E-state index in [9.17, 15) is 0 Å². The molecule has 0 rings (SSSR count). The van der Waals surface area contributed by atoms with Crippen molar-refractivity contribution in [2.24, 2.45) is 11.5 Å². The minimum Gasteiger partial charge on any atom is -0.395 e. The Hall–Kier alpha value is -0.160. The second kappa shape index (κ2) is 9.84. The first-order valence-corrected chi connectivity index (χ1v) is 3.83. The van der Waals surface area contributed by atoms with Crippen LogP contribution >= 0.6 is 0 Å². The second-order valence-corrected chi connectivity index (χ2v) is 2.44. The Morgan fingerprint density at radius 2 is 1.82 bits per heavy atom. The number of nitrogens with two attached hydrogens (primary N) is 2. The molecule has 0 aliphatic carbocycles. The van der Waals surface area contributed by atoms with Gasteiger partial charge in [0.05, 0.1) is 12.7 Å². The van der Waals surface area contributed by atoms with Crippen molar-refractivity contribution in [3.8, 4) is 0 Å². The molecule has 4 nitrogen and oxygen atoms in total. The van der Waals surface area contributed by atoms with E-state index < -0.39 is 0 Å². The molecule has 0 bridgehead atoms. The Morgan fingerprint density at radius 3 is 1.82 bits per heavy atom. The maximum absolute atomic E-state index is 8.24. The molecule has 0 aromatic rings. The number of aliphatic hydroxyl groups is 2. The van der Waals surface area contributed by atoms with Gasteiger partial charge in [-0.3, -0.25) is 0 Å². The lowest BCUT2D eigenvalue weighted by Gasteiger charge is -1.98. The summed E-state index contributed by atoms with van der Waals surface area (Å²) in [6.45, 7) is 4.07. The van der Waals surface area contributed by atoms with Crippen LogP contribution in [0.4, 0.5) is 0 Å². The Bertz CT molecular complexity index is 65.5. The Morgan fingerprint density at radius 1 is 1.45 bits per heavy atom. The first-order valence-electron chi connectivity index (χ1n) is 3.83. The standard InChI is InChI=1S/C4H11NO.C3H9NO/c1-2-4(5)3-6;1-3(5)2-4/h4,6H,2-3,5H2,1H3;3,5H,2,4H2,1H3. The molecule has 6 N–H and O–H groups in total. The average molecular weight is 164 g/mol. The molecule has 0 amide bonds. The molecule has 0 fully saturated rings. The van der Waals surface area contributed by atoms with E-state index in [-0.39, 0.29) is 18.8 Å². The van der Waals surface area contributed by atoms with Crippen LogP contribution in [-0.4, -0.2) is 35.5 Å². The molecule has 0 aromatic carbocycles. The van der Waals surface area contributed by atoms with E-state index in [2.05, 4.69) is 0 Å². The average Bonchev–Trinajstić information content (AvgIpc) is 2.04. The number of rotatable bonds is 3. The topological polar surface area (TPSA) is 92.5 Å². The third-order valence-electron chi connectivity index (χ3n) is 1.10. The van der Waals surface area contributed by atoms with Crippen molar-refractivity contribution in [3.63, 3.8) is 0 Å². The van der Waals surface area contributed by atoms with Gasteiger partial charge in [0.1, 0.15) is 0 Å². The largest absolute Gasteiger partial charge is 0.395 e. The fraction of sp³-hybridized carbons (Fsp3) is 1.00. The summed E-state index contributed by atoms with van der Waals surface area (Å²) in [5.41, 5.74) is 10.1. The van der Waals surface area contributed by atoms with Crippen molar-refractivity contribution in [2.45, 2.75) is 32.4 Å². The molecule has 0 saturated carbocycles. The predicted octanol–water partition coefficient (Wildman–Crippen LogP) is -0.958. The van der Waals surface area contributed by atoms with Gasteiger partial charge in [-0.25, -0.2) is 0 Å². The number of aliphatic hydroxyl groups excluding tert-OH is 2. The van der Waals surface area contributed by atoms with Crippen molar-refractivity contribution < 1.29 is 10.2 Å². The summed E-state index contributed by atoms with van der Waals surface area (Å²) in [7, 11) is 0. The zero-order valence-electron chi connectivity index (χ0n) is 7.33. The number of hydrogen-bond acceptors (Lipinski definition) is 4. The van der Waals surface area contributed by atoms with E-state index in [1.54, 1.807) is 6.92 Å². The molecular formula is C7H20N2O2. The van der Waals surface area contributed by atoms with Crippen molar-refractivity contribution >= 4 is 0 Å². The van der Waals surface area contributed by atoms with Gasteiger partial charge in [0, 0.05) is 12.6 Å². The highest BCUT2D eigenvalue weighted by molar-refractivity contribution is 4.51. The molecule has 11 heavy (non-hydrogen) atoms. The summed E-state index contributed by atoms with van der Waals surface area (Å²) in [4.78, 5) is 0. The van der Waals surface area contributed by atoms with Crippen LogP contribution in [0, 0.1) is 0 Å². The monoisotopic (exact) mass is 164 g/mol. The summed E-state index contributed by atoms with van der Waals surface area (Å²) in [5, 5.41) is 16.4. The van der Waals surface area contributed by atoms with Crippen LogP contribution in [0.25, 0.3) is 0 Å². The second-order valence-electron chi connectivity index (χ2n) is 2.44. The molecule has 0 aliphatic heterocycles. The Labute approximate surface area is 68.2 Å². The molecule has 0 spiro atoms. The molecule has 0 aromatic heterocycles. The molecule has 4 heteroatoms. The van der Waals surface area contributed by atoms with Crippen molar-refractivity contribution in [2.75, 3.05) is 13.2 Å². The van der Waals surface area contributed by atoms with Gasteiger partial charge in [0.2, 0.25) is 0 Å². The first kappa shape index (κ1) is 13.4. The van der Waals surface area contributed by atoms with Gasteiger partial charge in [0.25, 0.3) is 0 Å². The quantitative estimate of drug-likeness (QED) is 0.432. The van der Waals surface area contributed by atoms with E-state index in [1.165, 1.54) is 0 Å². The van der Waals surface area contributed by atoms with Crippen molar-refractivity contribution in [1.29, 1.82) is 0 Å². The van der Waals surface area contributed by atoms with E-state index in [0.717, 1.165) is 6.42 Å². The molecule has 0 radical (unpaired) electrons. The molecular weight excluding hydrogens is 144 g/mol. The highest BCUT2D eigenvalue weighted by atomic mass is 16.3. The van der Waals surface area contributed by atoms with Crippen LogP contribution < -0.4 is 11.5 Å². The lowest BCUT2D eigenvalue weighted by atomic mass is 10.3. The van der Waals surface area contributed by atoms with Gasteiger partial charge >= 0.3 is 0 Å². The molecule has 0 saturated heterocycles. The fourth-order valence-electron chi connectivity index (χ4n) is 0.129. The van der Waals surface area contributed by atoms with Crippen LogP contribution in [0.3, 0.4) is 0 Å². The number of hydrogen-bond donors (Lipinski definition) is 4. The van der Waals surface area contributed by atoms with Crippen LogP contribution in [0.5, 0.6) is 0 Å². The lowest BCUT2D eigenvalue weighted by molar-refractivity contribution is 0.203. The van der Waals surface area contributed by atoms with Gasteiger partial charge in [0.15, 0.2) is 0 Å². The summed E-state index contributed by atoms with van der Waals surface area (Å²) in [6.07, 6.45) is 0.520. The SMILES string of the molecule is CC(O)CN.CCC(N)CO. The third-order valence-corrected chi connectivity index (χ3v) is 1.10. The highest BCUT2D eigenvalue weighted by Gasteiger charge is 1.90.